The van der Waals surface area contributed by atoms with Crippen LogP contribution in [0.5, 0.6) is 0 Å². The summed E-state index contributed by atoms with van der Waals surface area (Å²) in [5.74, 6) is 1.63. The molecule has 0 bridgehead atoms. The summed E-state index contributed by atoms with van der Waals surface area (Å²) < 4.78 is 0. The molecule has 0 spiro atoms. The van der Waals surface area contributed by atoms with E-state index >= 15 is 0 Å². The van der Waals surface area contributed by atoms with Crippen LogP contribution < -0.4 is 5.73 Å². The molecular formula is C18H39N3. The first-order valence-electron chi connectivity index (χ1n) is 9.03. The number of nitrogens with two attached hydrogens (primary N) is 1. The summed E-state index contributed by atoms with van der Waals surface area (Å²) in [6, 6.07) is 0. The minimum atomic E-state index is 0.254. The minimum absolute atomic E-state index is 0.254. The summed E-state index contributed by atoms with van der Waals surface area (Å²) in [4.78, 5) is 5.03. The summed E-state index contributed by atoms with van der Waals surface area (Å²) in [5.41, 5.74) is 6.58. The second-order valence-electron chi connectivity index (χ2n) is 7.78. The third-order valence-electron chi connectivity index (χ3n) is 5.30. The van der Waals surface area contributed by atoms with E-state index in [9.17, 15) is 0 Å². The Hall–Kier alpha value is -0.120. The lowest BCUT2D eigenvalue weighted by atomic mass is 9.86. The van der Waals surface area contributed by atoms with E-state index < -0.39 is 0 Å². The molecule has 0 aromatic carbocycles. The minimum Gasteiger partial charge on any atom is -0.329 e. The smallest absolute Gasteiger partial charge is 0.0332 e. The van der Waals surface area contributed by atoms with Gasteiger partial charge in [0, 0.05) is 31.7 Å². The van der Waals surface area contributed by atoms with Gasteiger partial charge in [0.2, 0.25) is 0 Å². The van der Waals surface area contributed by atoms with E-state index in [4.69, 9.17) is 5.73 Å². The van der Waals surface area contributed by atoms with Crippen molar-refractivity contribution in [3.8, 4) is 0 Å². The van der Waals surface area contributed by atoms with Crippen molar-refractivity contribution in [3.63, 3.8) is 0 Å². The maximum atomic E-state index is 6.32. The number of rotatable bonds is 8. The van der Waals surface area contributed by atoms with Gasteiger partial charge in [-0.2, -0.15) is 0 Å². The third-order valence-corrected chi connectivity index (χ3v) is 5.30. The Kier molecular flexibility index (Phi) is 8.22. The van der Waals surface area contributed by atoms with Gasteiger partial charge in [-0.05, 0) is 45.2 Å². The molecule has 3 nitrogen and oxygen atoms in total. The number of hydrogen-bond acceptors (Lipinski definition) is 3. The van der Waals surface area contributed by atoms with Crippen LogP contribution in [0.4, 0.5) is 0 Å². The van der Waals surface area contributed by atoms with Gasteiger partial charge in [0.15, 0.2) is 0 Å². The van der Waals surface area contributed by atoms with Crippen molar-refractivity contribution in [2.45, 2.75) is 64.8 Å². The second-order valence-corrected chi connectivity index (χ2v) is 7.78. The van der Waals surface area contributed by atoms with Crippen LogP contribution in [0.25, 0.3) is 0 Å². The van der Waals surface area contributed by atoms with Crippen molar-refractivity contribution in [1.29, 1.82) is 0 Å². The van der Waals surface area contributed by atoms with Crippen LogP contribution in [0.15, 0.2) is 0 Å². The lowest BCUT2D eigenvalue weighted by Crippen LogP contribution is -2.56. The average molecular weight is 298 g/mol. The van der Waals surface area contributed by atoms with Crippen molar-refractivity contribution >= 4 is 0 Å². The van der Waals surface area contributed by atoms with Gasteiger partial charge in [0.25, 0.3) is 0 Å². The van der Waals surface area contributed by atoms with E-state index in [1.165, 1.54) is 45.1 Å². The van der Waals surface area contributed by atoms with Gasteiger partial charge in [-0.25, -0.2) is 0 Å². The summed E-state index contributed by atoms with van der Waals surface area (Å²) in [6.45, 7) is 11.3. The largest absolute Gasteiger partial charge is 0.329 e. The zero-order valence-electron chi connectivity index (χ0n) is 15.2. The molecule has 1 rings (SSSR count). The Morgan fingerprint density at radius 3 is 2.38 bits per heavy atom. The lowest BCUT2D eigenvalue weighted by molar-refractivity contribution is 0.0584. The van der Waals surface area contributed by atoms with Gasteiger partial charge in [-0.3, -0.25) is 4.90 Å². The standard InChI is InChI=1S/C18H39N3/c1-6-17-8-7-10-18(15-19,11-9-17)21(14-16(2)3)13-12-20(4)5/h16-17H,6-15,19H2,1-5H3. The highest BCUT2D eigenvalue weighted by atomic mass is 15.2. The molecule has 126 valence electrons. The van der Waals surface area contributed by atoms with E-state index in [0.717, 1.165) is 25.6 Å². The van der Waals surface area contributed by atoms with E-state index in [1.54, 1.807) is 0 Å². The topological polar surface area (TPSA) is 32.5 Å². The van der Waals surface area contributed by atoms with Crippen LogP contribution >= 0.6 is 0 Å². The van der Waals surface area contributed by atoms with E-state index in [0.29, 0.717) is 5.92 Å². The molecule has 0 amide bonds. The molecule has 0 radical (unpaired) electrons. The third kappa shape index (κ3) is 5.88. The first kappa shape index (κ1) is 18.9. The molecule has 1 aliphatic rings. The SMILES string of the molecule is CCC1CCCC(CN)(N(CCN(C)C)CC(C)C)CC1. The van der Waals surface area contributed by atoms with Crippen LogP contribution in [-0.4, -0.2) is 55.6 Å². The van der Waals surface area contributed by atoms with Crippen LogP contribution in [0.2, 0.25) is 0 Å². The summed E-state index contributed by atoms with van der Waals surface area (Å²) in [6.07, 6.45) is 8.04. The zero-order valence-corrected chi connectivity index (χ0v) is 15.2. The molecule has 0 aromatic heterocycles. The van der Waals surface area contributed by atoms with Crippen molar-refractivity contribution < 1.29 is 0 Å². The van der Waals surface area contributed by atoms with Gasteiger partial charge in [0.05, 0.1) is 0 Å². The second kappa shape index (κ2) is 9.12. The zero-order chi connectivity index (χ0) is 15.9. The molecule has 2 N–H and O–H groups in total. The summed E-state index contributed by atoms with van der Waals surface area (Å²) in [5, 5.41) is 0. The Labute approximate surface area is 133 Å². The highest BCUT2D eigenvalue weighted by Crippen LogP contribution is 2.35. The molecule has 1 fully saturated rings. The molecule has 0 heterocycles. The lowest BCUT2D eigenvalue weighted by Gasteiger charge is -2.45. The van der Waals surface area contributed by atoms with Gasteiger partial charge >= 0.3 is 0 Å². The molecule has 0 saturated heterocycles. The number of hydrogen-bond donors (Lipinski definition) is 1. The molecule has 1 aliphatic carbocycles. The van der Waals surface area contributed by atoms with Crippen molar-refractivity contribution in [1.82, 2.24) is 9.80 Å². The van der Waals surface area contributed by atoms with Gasteiger partial charge in [0.1, 0.15) is 0 Å². The van der Waals surface area contributed by atoms with Crippen LogP contribution in [0, 0.1) is 11.8 Å². The van der Waals surface area contributed by atoms with Crippen molar-refractivity contribution in [2.75, 3.05) is 40.3 Å². The molecule has 2 unspecified atom stereocenters. The Morgan fingerprint density at radius 1 is 1.14 bits per heavy atom. The fourth-order valence-corrected chi connectivity index (χ4v) is 3.80. The molecular weight excluding hydrogens is 258 g/mol. The van der Waals surface area contributed by atoms with Crippen LogP contribution in [0.3, 0.4) is 0 Å². The van der Waals surface area contributed by atoms with E-state index in [1.807, 2.05) is 0 Å². The fourth-order valence-electron chi connectivity index (χ4n) is 3.80. The van der Waals surface area contributed by atoms with Gasteiger partial charge in [-0.1, -0.05) is 40.0 Å². The maximum Gasteiger partial charge on any atom is 0.0332 e. The van der Waals surface area contributed by atoms with Crippen LogP contribution in [-0.2, 0) is 0 Å². The molecule has 0 aliphatic heterocycles. The van der Waals surface area contributed by atoms with Gasteiger partial charge < -0.3 is 10.6 Å². The highest BCUT2D eigenvalue weighted by molar-refractivity contribution is 4.94. The molecule has 1 saturated carbocycles. The molecule has 0 aromatic rings. The first-order valence-corrected chi connectivity index (χ1v) is 9.03. The molecule has 21 heavy (non-hydrogen) atoms. The predicted octanol–water partition coefficient (Wildman–Crippen LogP) is 3.19. The Balaban J connectivity index is 2.81. The average Bonchev–Trinajstić information content (AvgIpc) is 2.65. The monoisotopic (exact) mass is 297 g/mol. The van der Waals surface area contributed by atoms with Crippen molar-refractivity contribution in [2.24, 2.45) is 17.6 Å². The summed E-state index contributed by atoms with van der Waals surface area (Å²) in [7, 11) is 4.34. The molecule has 2 atom stereocenters. The Morgan fingerprint density at radius 2 is 1.86 bits per heavy atom. The van der Waals surface area contributed by atoms with E-state index in [-0.39, 0.29) is 5.54 Å². The highest BCUT2D eigenvalue weighted by Gasteiger charge is 2.37. The number of likely N-dealkylation sites (N-methyl/N-ethyl adjacent to an activating group) is 1. The normalized spacial score (nSPS) is 27.6. The predicted molar refractivity (Wildman–Crippen MR) is 93.6 cm³/mol. The summed E-state index contributed by atoms with van der Waals surface area (Å²) >= 11 is 0. The van der Waals surface area contributed by atoms with E-state index in [2.05, 4.69) is 44.7 Å². The fraction of sp³-hybridized carbons (Fsp3) is 1.00. The first-order chi connectivity index (χ1) is 9.93. The quantitative estimate of drug-likeness (QED) is 0.698. The molecule has 3 heteroatoms. The number of nitrogens with zero attached hydrogens (tertiary/aromatic N) is 2. The maximum absolute atomic E-state index is 6.32. The van der Waals surface area contributed by atoms with Crippen LogP contribution in [0.1, 0.15) is 59.3 Å². The Bertz CT molecular complexity index is 278. The van der Waals surface area contributed by atoms with Gasteiger partial charge in [-0.15, -0.1) is 0 Å². The van der Waals surface area contributed by atoms with Crippen molar-refractivity contribution in [3.05, 3.63) is 0 Å².